The van der Waals surface area contributed by atoms with Crippen molar-refractivity contribution in [1.29, 1.82) is 0 Å². The first-order valence-corrected chi connectivity index (χ1v) is 6.42. The molecule has 0 fully saturated rings. The Bertz CT molecular complexity index is 703. The number of carbonyl (C=O) groups is 2. The van der Waals surface area contributed by atoms with Crippen LogP contribution in [-0.2, 0) is 11.2 Å². The largest absolute Gasteiger partial charge is 0.481 e. The lowest BCUT2D eigenvalue weighted by Gasteiger charge is -2.10. The Hall–Kier alpha value is -2.40. The molecule has 21 heavy (non-hydrogen) atoms. The first-order chi connectivity index (χ1) is 9.99. The molecule has 6 heteroatoms. The van der Waals surface area contributed by atoms with Crippen LogP contribution in [0.25, 0.3) is 0 Å². The van der Waals surface area contributed by atoms with Gasteiger partial charge in [-0.2, -0.15) is 0 Å². The van der Waals surface area contributed by atoms with E-state index in [1.807, 2.05) is 0 Å². The number of aliphatic carboxylic acids is 1. The summed E-state index contributed by atoms with van der Waals surface area (Å²) in [6.45, 7) is 0. The van der Waals surface area contributed by atoms with Crippen LogP contribution in [-0.4, -0.2) is 17.0 Å². The molecule has 0 unspecified atom stereocenters. The highest BCUT2D eigenvalue weighted by atomic mass is 35.5. The van der Waals surface area contributed by atoms with Crippen molar-refractivity contribution >= 4 is 29.2 Å². The Morgan fingerprint density at radius 2 is 1.86 bits per heavy atom. The summed E-state index contributed by atoms with van der Waals surface area (Å²) < 4.78 is 13.8. The molecule has 0 radical (unpaired) electrons. The van der Waals surface area contributed by atoms with E-state index in [9.17, 15) is 14.0 Å². The number of hydrogen-bond acceptors (Lipinski definition) is 2. The molecule has 0 saturated carbocycles. The average molecular weight is 308 g/mol. The Kier molecular flexibility index (Phi) is 4.55. The van der Waals surface area contributed by atoms with Gasteiger partial charge < -0.3 is 10.4 Å². The highest BCUT2D eigenvalue weighted by molar-refractivity contribution is 6.31. The maximum atomic E-state index is 13.8. The summed E-state index contributed by atoms with van der Waals surface area (Å²) in [5.41, 5.74) is 0.553. The van der Waals surface area contributed by atoms with E-state index in [0.29, 0.717) is 11.3 Å². The quantitative estimate of drug-likeness (QED) is 0.910. The SMILES string of the molecule is O=C(O)Cc1ccccc1NC(=O)c1cccc(Cl)c1F. The fraction of sp³-hybridized carbons (Fsp3) is 0.0667. The summed E-state index contributed by atoms with van der Waals surface area (Å²) in [4.78, 5) is 22.9. The van der Waals surface area contributed by atoms with Crippen LogP contribution < -0.4 is 5.32 Å². The van der Waals surface area contributed by atoms with Crippen LogP contribution in [0.5, 0.6) is 0 Å². The molecule has 4 nitrogen and oxygen atoms in total. The summed E-state index contributed by atoms with van der Waals surface area (Å²) in [6, 6.07) is 10.5. The molecule has 0 bridgehead atoms. The van der Waals surface area contributed by atoms with Crippen LogP contribution in [0, 0.1) is 5.82 Å². The molecule has 1 amide bonds. The number of carboxylic acids is 1. The van der Waals surface area contributed by atoms with E-state index in [0.717, 1.165) is 0 Å². The molecular formula is C15H11ClFNO3. The van der Waals surface area contributed by atoms with Crippen molar-refractivity contribution in [3.8, 4) is 0 Å². The van der Waals surface area contributed by atoms with E-state index < -0.39 is 17.7 Å². The monoisotopic (exact) mass is 307 g/mol. The standard InChI is InChI=1S/C15H11ClFNO3/c16-11-6-3-5-10(14(11)17)15(21)18-12-7-2-1-4-9(12)8-13(19)20/h1-7H,8H2,(H,18,21)(H,19,20). The predicted molar refractivity (Wildman–Crippen MR) is 77.1 cm³/mol. The highest BCUT2D eigenvalue weighted by Gasteiger charge is 2.16. The maximum absolute atomic E-state index is 13.8. The number of halogens is 2. The smallest absolute Gasteiger partial charge is 0.307 e. The Morgan fingerprint density at radius 1 is 1.14 bits per heavy atom. The van der Waals surface area contributed by atoms with Crippen molar-refractivity contribution in [2.24, 2.45) is 0 Å². The van der Waals surface area contributed by atoms with Gasteiger partial charge in [0.25, 0.3) is 5.91 Å². The number of nitrogens with one attached hydrogen (secondary N) is 1. The zero-order valence-electron chi connectivity index (χ0n) is 10.8. The van der Waals surface area contributed by atoms with E-state index in [2.05, 4.69) is 5.32 Å². The zero-order chi connectivity index (χ0) is 15.4. The predicted octanol–water partition coefficient (Wildman–Crippen LogP) is 3.36. The zero-order valence-corrected chi connectivity index (χ0v) is 11.5. The van der Waals surface area contributed by atoms with E-state index in [1.54, 1.807) is 24.3 Å². The Balaban J connectivity index is 2.28. The van der Waals surface area contributed by atoms with Crippen LogP contribution >= 0.6 is 11.6 Å². The molecule has 0 heterocycles. The highest BCUT2D eigenvalue weighted by Crippen LogP contribution is 2.21. The molecule has 0 aliphatic carbocycles. The van der Waals surface area contributed by atoms with Crippen LogP contribution in [0.1, 0.15) is 15.9 Å². The minimum atomic E-state index is -1.02. The van der Waals surface area contributed by atoms with Gasteiger partial charge in [0.05, 0.1) is 17.0 Å². The topological polar surface area (TPSA) is 66.4 Å². The molecule has 2 N–H and O–H groups in total. The fourth-order valence-corrected chi connectivity index (χ4v) is 2.00. The lowest BCUT2D eigenvalue weighted by atomic mass is 10.1. The Labute approximate surface area is 125 Å². The van der Waals surface area contributed by atoms with Crippen molar-refractivity contribution in [1.82, 2.24) is 0 Å². The van der Waals surface area contributed by atoms with Gasteiger partial charge >= 0.3 is 5.97 Å². The maximum Gasteiger partial charge on any atom is 0.307 e. The molecule has 108 valence electrons. The van der Waals surface area contributed by atoms with Crippen molar-refractivity contribution in [3.05, 3.63) is 64.4 Å². The number of benzene rings is 2. The van der Waals surface area contributed by atoms with Gasteiger partial charge in [0.15, 0.2) is 5.82 Å². The normalized spacial score (nSPS) is 10.2. The lowest BCUT2D eigenvalue weighted by molar-refractivity contribution is -0.136. The second kappa shape index (κ2) is 6.37. The first kappa shape index (κ1) is 15.0. The van der Waals surface area contributed by atoms with Crippen LogP contribution in [0.4, 0.5) is 10.1 Å². The summed E-state index contributed by atoms with van der Waals surface area (Å²) in [6.07, 6.45) is -0.242. The molecule has 0 saturated heterocycles. The second-order valence-corrected chi connectivity index (χ2v) is 4.69. The third-order valence-corrected chi connectivity index (χ3v) is 3.10. The molecule has 0 atom stereocenters. The lowest BCUT2D eigenvalue weighted by Crippen LogP contribution is -2.16. The van der Waals surface area contributed by atoms with E-state index in [1.165, 1.54) is 18.2 Å². The minimum absolute atomic E-state index is 0.151. The molecule has 0 aliphatic heterocycles. The van der Waals surface area contributed by atoms with Crippen LogP contribution in [0.3, 0.4) is 0 Å². The molecule has 2 aromatic rings. The van der Waals surface area contributed by atoms with Gasteiger partial charge in [-0.05, 0) is 23.8 Å². The third kappa shape index (κ3) is 3.58. The molecule has 2 rings (SSSR count). The van der Waals surface area contributed by atoms with Gasteiger partial charge in [-0.3, -0.25) is 9.59 Å². The fourth-order valence-electron chi connectivity index (χ4n) is 1.83. The molecule has 2 aromatic carbocycles. The van der Waals surface area contributed by atoms with Crippen molar-refractivity contribution in [3.63, 3.8) is 0 Å². The first-order valence-electron chi connectivity index (χ1n) is 6.04. The van der Waals surface area contributed by atoms with Crippen molar-refractivity contribution in [2.45, 2.75) is 6.42 Å². The van der Waals surface area contributed by atoms with Gasteiger partial charge in [-0.25, -0.2) is 4.39 Å². The number of carboxylic acid groups (broad SMARTS) is 1. The average Bonchev–Trinajstić information content (AvgIpc) is 2.43. The van der Waals surface area contributed by atoms with E-state index >= 15 is 0 Å². The summed E-state index contributed by atoms with van der Waals surface area (Å²) >= 11 is 5.63. The molecule has 0 aromatic heterocycles. The van der Waals surface area contributed by atoms with E-state index in [4.69, 9.17) is 16.7 Å². The van der Waals surface area contributed by atoms with Crippen LogP contribution in [0.15, 0.2) is 42.5 Å². The van der Waals surface area contributed by atoms with Crippen LogP contribution in [0.2, 0.25) is 5.02 Å². The van der Waals surface area contributed by atoms with Crippen molar-refractivity contribution < 1.29 is 19.1 Å². The summed E-state index contributed by atoms with van der Waals surface area (Å²) in [5, 5.41) is 11.2. The van der Waals surface area contributed by atoms with Gasteiger partial charge in [0.2, 0.25) is 0 Å². The van der Waals surface area contributed by atoms with Gasteiger partial charge in [0, 0.05) is 5.69 Å². The number of hydrogen-bond donors (Lipinski definition) is 2. The Morgan fingerprint density at radius 3 is 2.57 bits per heavy atom. The molecular weight excluding hydrogens is 297 g/mol. The number of rotatable bonds is 4. The summed E-state index contributed by atoms with van der Waals surface area (Å²) in [5.74, 6) is -2.52. The van der Waals surface area contributed by atoms with Gasteiger partial charge in [-0.15, -0.1) is 0 Å². The number of carbonyl (C=O) groups excluding carboxylic acids is 1. The summed E-state index contributed by atoms with van der Waals surface area (Å²) in [7, 11) is 0. The molecule has 0 spiro atoms. The second-order valence-electron chi connectivity index (χ2n) is 4.28. The molecule has 0 aliphatic rings. The number of para-hydroxylation sites is 1. The van der Waals surface area contributed by atoms with Crippen molar-refractivity contribution in [2.75, 3.05) is 5.32 Å². The third-order valence-electron chi connectivity index (χ3n) is 2.80. The number of amides is 1. The number of anilines is 1. The minimum Gasteiger partial charge on any atom is -0.481 e. The van der Waals surface area contributed by atoms with Gasteiger partial charge in [0.1, 0.15) is 0 Å². The van der Waals surface area contributed by atoms with Gasteiger partial charge in [-0.1, -0.05) is 35.9 Å². The van der Waals surface area contributed by atoms with E-state index in [-0.39, 0.29) is 17.0 Å².